The lowest BCUT2D eigenvalue weighted by molar-refractivity contribution is 0.763. The molecule has 1 N–H and O–H groups in total. The van der Waals surface area contributed by atoms with Crippen LogP contribution in [0.15, 0.2) is 48.5 Å². The SMILES string of the molecule is N#Cc1ccc(Cl)c(NCCCCc2ccccc2)c1. The van der Waals surface area contributed by atoms with Crippen LogP contribution in [-0.2, 0) is 6.42 Å². The average molecular weight is 285 g/mol. The predicted molar refractivity (Wildman–Crippen MR) is 84.0 cm³/mol. The first-order valence-corrected chi connectivity index (χ1v) is 7.15. The molecule has 2 aromatic rings. The second-order valence-corrected chi connectivity index (χ2v) is 5.08. The highest BCUT2D eigenvalue weighted by molar-refractivity contribution is 6.33. The maximum absolute atomic E-state index is 8.87. The first-order valence-electron chi connectivity index (χ1n) is 6.77. The lowest BCUT2D eigenvalue weighted by atomic mass is 10.1. The number of nitrogens with one attached hydrogen (secondary N) is 1. The van der Waals surface area contributed by atoms with Gasteiger partial charge in [-0.15, -0.1) is 0 Å². The van der Waals surface area contributed by atoms with Crippen LogP contribution in [0.25, 0.3) is 0 Å². The lowest BCUT2D eigenvalue weighted by Gasteiger charge is -2.08. The van der Waals surface area contributed by atoms with Gasteiger partial charge in [0.05, 0.1) is 22.3 Å². The molecule has 0 unspecified atom stereocenters. The minimum Gasteiger partial charge on any atom is -0.384 e. The van der Waals surface area contributed by atoms with Crippen molar-refractivity contribution in [1.29, 1.82) is 5.26 Å². The number of aryl methyl sites for hydroxylation is 1. The van der Waals surface area contributed by atoms with Gasteiger partial charge in [-0.2, -0.15) is 5.26 Å². The zero-order valence-corrected chi connectivity index (χ0v) is 12.0. The van der Waals surface area contributed by atoms with E-state index in [0.29, 0.717) is 10.6 Å². The molecule has 0 aliphatic carbocycles. The summed E-state index contributed by atoms with van der Waals surface area (Å²) in [6, 6.07) is 17.9. The highest BCUT2D eigenvalue weighted by Gasteiger charge is 2.01. The van der Waals surface area contributed by atoms with Gasteiger partial charge >= 0.3 is 0 Å². The van der Waals surface area contributed by atoms with Gasteiger partial charge in [0, 0.05) is 6.54 Å². The summed E-state index contributed by atoms with van der Waals surface area (Å²) >= 11 is 6.09. The third-order valence-corrected chi connectivity index (χ3v) is 3.48. The second-order valence-electron chi connectivity index (χ2n) is 4.68. The molecular formula is C17H17ClN2. The minimum absolute atomic E-state index is 0.626. The van der Waals surface area contributed by atoms with Gasteiger partial charge in [-0.05, 0) is 43.0 Å². The summed E-state index contributed by atoms with van der Waals surface area (Å²) < 4.78 is 0. The van der Waals surface area contributed by atoms with Crippen LogP contribution in [-0.4, -0.2) is 6.54 Å². The molecule has 0 amide bonds. The summed E-state index contributed by atoms with van der Waals surface area (Å²) in [5.41, 5.74) is 2.84. The van der Waals surface area contributed by atoms with Crippen molar-refractivity contribution in [2.75, 3.05) is 11.9 Å². The molecule has 102 valence electrons. The van der Waals surface area contributed by atoms with Gasteiger partial charge in [0.25, 0.3) is 0 Å². The number of nitriles is 1. The van der Waals surface area contributed by atoms with E-state index in [4.69, 9.17) is 16.9 Å². The topological polar surface area (TPSA) is 35.8 Å². The standard InChI is InChI=1S/C17H17ClN2/c18-16-10-9-15(13-19)12-17(16)20-11-5-4-8-14-6-2-1-3-7-14/h1-3,6-7,9-10,12,20H,4-5,8,11H2. The lowest BCUT2D eigenvalue weighted by Crippen LogP contribution is -2.03. The molecular weight excluding hydrogens is 268 g/mol. The van der Waals surface area contributed by atoms with Crippen molar-refractivity contribution in [1.82, 2.24) is 0 Å². The van der Waals surface area contributed by atoms with Crippen LogP contribution in [0.5, 0.6) is 0 Å². The van der Waals surface area contributed by atoms with Crippen LogP contribution in [0, 0.1) is 11.3 Å². The van der Waals surface area contributed by atoms with Gasteiger partial charge in [0.1, 0.15) is 0 Å². The monoisotopic (exact) mass is 284 g/mol. The van der Waals surface area contributed by atoms with Crippen molar-refractivity contribution in [2.24, 2.45) is 0 Å². The highest BCUT2D eigenvalue weighted by Crippen LogP contribution is 2.22. The van der Waals surface area contributed by atoms with Gasteiger partial charge in [-0.1, -0.05) is 41.9 Å². The molecule has 0 aliphatic rings. The van der Waals surface area contributed by atoms with Gasteiger partial charge in [-0.25, -0.2) is 0 Å². The molecule has 20 heavy (non-hydrogen) atoms. The molecule has 0 radical (unpaired) electrons. The number of halogens is 1. The summed E-state index contributed by atoms with van der Waals surface area (Å²) in [6.45, 7) is 0.863. The molecule has 0 aromatic heterocycles. The molecule has 0 spiro atoms. The molecule has 0 heterocycles. The summed E-state index contributed by atoms with van der Waals surface area (Å²) in [6.07, 6.45) is 3.29. The highest BCUT2D eigenvalue weighted by atomic mass is 35.5. The molecule has 0 aliphatic heterocycles. The third kappa shape index (κ3) is 4.29. The zero-order chi connectivity index (χ0) is 14.2. The van der Waals surface area contributed by atoms with Crippen molar-refractivity contribution in [3.63, 3.8) is 0 Å². The maximum atomic E-state index is 8.87. The van der Waals surface area contributed by atoms with Crippen LogP contribution in [0.4, 0.5) is 5.69 Å². The van der Waals surface area contributed by atoms with Gasteiger partial charge in [-0.3, -0.25) is 0 Å². The van der Waals surface area contributed by atoms with Gasteiger partial charge in [0.15, 0.2) is 0 Å². The van der Waals surface area contributed by atoms with E-state index in [0.717, 1.165) is 31.5 Å². The van der Waals surface area contributed by atoms with E-state index in [1.807, 2.05) is 6.07 Å². The van der Waals surface area contributed by atoms with Crippen LogP contribution >= 0.6 is 11.6 Å². The van der Waals surface area contributed by atoms with E-state index in [2.05, 4.69) is 35.7 Å². The summed E-state index contributed by atoms with van der Waals surface area (Å²) in [5, 5.41) is 12.8. The fourth-order valence-electron chi connectivity index (χ4n) is 2.05. The maximum Gasteiger partial charge on any atom is 0.0992 e. The number of anilines is 1. The summed E-state index contributed by atoms with van der Waals surface area (Å²) in [4.78, 5) is 0. The number of hydrogen-bond donors (Lipinski definition) is 1. The quantitative estimate of drug-likeness (QED) is 0.784. The first kappa shape index (κ1) is 14.4. The van der Waals surface area contributed by atoms with E-state index in [-0.39, 0.29) is 0 Å². The Morgan fingerprint density at radius 1 is 1.05 bits per heavy atom. The number of unbranched alkanes of at least 4 members (excludes halogenated alkanes) is 1. The second kappa shape index (κ2) is 7.57. The van der Waals surface area contributed by atoms with Gasteiger partial charge < -0.3 is 5.32 Å². The molecule has 0 fully saturated rings. The third-order valence-electron chi connectivity index (χ3n) is 3.15. The zero-order valence-electron chi connectivity index (χ0n) is 11.3. The predicted octanol–water partition coefficient (Wildman–Crippen LogP) is 4.65. The molecule has 0 atom stereocenters. The van der Waals surface area contributed by atoms with E-state index >= 15 is 0 Å². The molecule has 2 nitrogen and oxygen atoms in total. The molecule has 2 rings (SSSR count). The largest absolute Gasteiger partial charge is 0.384 e. The smallest absolute Gasteiger partial charge is 0.0992 e. The van der Waals surface area contributed by atoms with Crippen LogP contribution < -0.4 is 5.32 Å². The average Bonchev–Trinajstić information content (AvgIpc) is 2.50. The fraction of sp³-hybridized carbons (Fsp3) is 0.235. The minimum atomic E-state index is 0.626. The van der Waals surface area contributed by atoms with Crippen LogP contribution in [0.3, 0.4) is 0 Å². The van der Waals surface area contributed by atoms with Crippen molar-refractivity contribution < 1.29 is 0 Å². The first-order chi connectivity index (χ1) is 9.79. The number of hydrogen-bond acceptors (Lipinski definition) is 2. The molecule has 0 saturated heterocycles. The van der Waals surface area contributed by atoms with Gasteiger partial charge in [0.2, 0.25) is 0 Å². The summed E-state index contributed by atoms with van der Waals surface area (Å²) in [7, 11) is 0. The Bertz CT molecular complexity index is 588. The van der Waals surface area contributed by atoms with Crippen molar-refractivity contribution in [2.45, 2.75) is 19.3 Å². The molecule has 0 saturated carbocycles. The Hall–Kier alpha value is -1.98. The number of nitrogens with zero attached hydrogens (tertiary/aromatic N) is 1. The summed E-state index contributed by atoms with van der Waals surface area (Å²) in [5.74, 6) is 0. The molecule has 3 heteroatoms. The Balaban J connectivity index is 1.75. The fourth-order valence-corrected chi connectivity index (χ4v) is 2.24. The molecule has 2 aromatic carbocycles. The Morgan fingerprint density at radius 3 is 2.60 bits per heavy atom. The normalized spacial score (nSPS) is 10.0. The van der Waals surface area contributed by atoms with E-state index in [9.17, 15) is 0 Å². The Morgan fingerprint density at radius 2 is 1.85 bits per heavy atom. The van der Waals surface area contributed by atoms with Crippen molar-refractivity contribution in [3.05, 3.63) is 64.7 Å². The van der Waals surface area contributed by atoms with Crippen molar-refractivity contribution >= 4 is 17.3 Å². The molecule has 0 bridgehead atoms. The van der Waals surface area contributed by atoms with Crippen molar-refractivity contribution in [3.8, 4) is 6.07 Å². The number of benzene rings is 2. The Labute approximate surface area is 125 Å². The van der Waals surface area contributed by atoms with Crippen LogP contribution in [0.1, 0.15) is 24.0 Å². The van der Waals surface area contributed by atoms with E-state index in [1.165, 1.54) is 5.56 Å². The van der Waals surface area contributed by atoms with E-state index < -0.39 is 0 Å². The number of rotatable bonds is 6. The van der Waals surface area contributed by atoms with E-state index in [1.54, 1.807) is 18.2 Å². The Kier molecular flexibility index (Phi) is 5.46. The van der Waals surface area contributed by atoms with Crippen LogP contribution in [0.2, 0.25) is 5.02 Å².